The molecule has 0 spiro atoms. The molecular weight excluding hydrogens is 1080 g/mol. The van der Waals surface area contributed by atoms with Gasteiger partial charge in [0.05, 0.1) is 68.4 Å². The number of ether oxygens (including phenoxy) is 4. The Hall–Kier alpha value is -8.15. The average molecular weight is 1140 g/mol. The van der Waals surface area contributed by atoms with E-state index in [0.717, 1.165) is 28.3 Å². The molecule has 0 aliphatic carbocycles. The third-order valence-corrected chi connectivity index (χ3v) is 17.6. The topological polar surface area (TPSA) is 281 Å². The normalized spacial score (nSPS) is 16.5. The van der Waals surface area contributed by atoms with Gasteiger partial charge in [-0.2, -0.15) is 0 Å². The monoisotopic (exact) mass is 1140 g/mol. The van der Waals surface area contributed by atoms with Crippen LogP contribution in [0.2, 0.25) is 0 Å². The second-order valence-electron chi connectivity index (χ2n) is 20.5. The summed E-state index contributed by atoms with van der Waals surface area (Å²) in [6, 6.07) is 26.6. The summed E-state index contributed by atoms with van der Waals surface area (Å²) >= 11 is 0. The molecule has 81 heavy (non-hydrogen) atoms. The molecule has 2 unspecified atom stereocenters. The quantitative estimate of drug-likeness (QED) is 0.0273. The summed E-state index contributed by atoms with van der Waals surface area (Å²) in [5, 5.41) is 28.3. The van der Waals surface area contributed by atoms with Crippen LogP contribution in [-0.2, 0) is 50.0 Å². The lowest BCUT2D eigenvalue weighted by atomic mass is 10.1. The Morgan fingerprint density at radius 3 is 1.88 bits per heavy atom. The summed E-state index contributed by atoms with van der Waals surface area (Å²) in [4.78, 5) is 94.0. The van der Waals surface area contributed by atoms with E-state index >= 15 is 0 Å². The SMILES string of the molecule is COc1cc2c(cc1OCc1cc(COc3cc4c(cc3OC)C(=O)N3c5ccccc5CC3[C@@H](O)N4)cc(NC(=O)CNC(=O)CNC(=O)CNC(=O)CCC(C)(C)SSCCCC(N)=O)c1)NCC1Cc3ccccc3N1C2=O. The van der Waals surface area contributed by atoms with E-state index in [1.165, 1.54) is 14.2 Å². The molecule has 4 heterocycles. The first-order valence-corrected chi connectivity index (χ1v) is 28.8. The number of primary amides is 1. The number of fused-ring (bicyclic) bond motifs is 8. The zero-order valence-corrected chi connectivity index (χ0v) is 46.9. The van der Waals surface area contributed by atoms with Crippen LogP contribution in [0, 0.1) is 0 Å². The minimum Gasteiger partial charge on any atom is -0.493 e. The van der Waals surface area contributed by atoms with Crippen LogP contribution in [0.25, 0.3) is 0 Å². The number of hydrogen-bond donors (Lipinski definition) is 8. The second kappa shape index (κ2) is 25.5. The number of aliphatic hydroxyl groups excluding tert-OH is 1. The molecular formula is C58H65N9O12S2. The average Bonchev–Trinajstić information content (AvgIpc) is 4.08. The van der Waals surface area contributed by atoms with E-state index in [1.54, 1.807) is 62.9 Å². The van der Waals surface area contributed by atoms with Gasteiger partial charge in [-0.3, -0.25) is 33.6 Å². The summed E-state index contributed by atoms with van der Waals surface area (Å²) in [6.07, 6.45) is 1.80. The fourth-order valence-electron chi connectivity index (χ4n) is 10.1. The minimum absolute atomic E-state index is 0.0390. The summed E-state index contributed by atoms with van der Waals surface area (Å²) < 4.78 is 24.1. The summed E-state index contributed by atoms with van der Waals surface area (Å²) in [6.45, 7) is 3.17. The van der Waals surface area contributed by atoms with E-state index in [4.69, 9.17) is 24.7 Å². The van der Waals surface area contributed by atoms with Gasteiger partial charge in [0.15, 0.2) is 23.0 Å². The lowest BCUT2D eigenvalue weighted by Crippen LogP contribution is -2.45. The molecule has 4 aliphatic heterocycles. The molecule has 5 aromatic rings. The molecule has 5 aromatic carbocycles. The molecule has 4 aliphatic rings. The number of hydrogen-bond acceptors (Lipinski definition) is 16. The first-order chi connectivity index (χ1) is 39.0. The van der Waals surface area contributed by atoms with Crippen LogP contribution >= 0.6 is 21.6 Å². The van der Waals surface area contributed by atoms with Crippen LogP contribution < -0.4 is 66.4 Å². The van der Waals surface area contributed by atoms with Crippen molar-refractivity contribution >= 4 is 91.4 Å². The van der Waals surface area contributed by atoms with Gasteiger partial charge >= 0.3 is 0 Å². The Bertz CT molecular complexity index is 3250. The molecule has 426 valence electrons. The van der Waals surface area contributed by atoms with E-state index in [0.29, 0.717) is 83.9 Å². The lowest BCUT2D eigenvalue weighted by Gasteiger charge is -2.26. The number of carbonyl (C=O) groups excluding carboxylic acids is 7. The van der Waals surface area contributed by atoms with Crippen LogP contribution in [0.4, 0.5) is 28.4 Å². The number of nitrogens with one attached hydrogen (secondary N) is 6. The van der Waals surface area contributed by atoms with E-state index in [9.17, 15) is 38.7 Å². The van der Waals surface area contributed by atoms with E-state index in [1.807, 2.05) is 73.3 Å². The Morgan fingerprint density at radius 1 is 0.691 bits per heavy atom. The van der Waals surface area contributed by atoms with Gasteiger partial charge in [0.1, 0.15) is 19.4 Å². The van der Waals surface area contributed by atoms with E-state index in [-0.39, 0.29) is 77.7 Å². The van der Waals surface area contributed by atoms with Crippen LogP contribution in [0.15, 0.2) is 91.0 Å². The summed E-state index contributed by atoms with van der Waals surface area (Å²) in [7, 11) is 6.17. The van der Waals surface area contributed by atoms with Crippen molar-refractivity contribution in [2.75, 3.05) is 71.9 Å². The second-order valence-corrected chi connectivity index (χ2v) is 23.7. The number of nitrogens with zero attached hydrogens (tertiary/aromatic N) is 2. The minimum atomic E-state index is -1.10. The number of methoxy groups -OCH3 is 2. The first-order valence-electron chi connectivity index (χ1n) is 26.5. The highest BCUT2D eigenvalue weighted by Crippen LogP contribution is 2.44. The van der Waals surface area contributed by atoms with Crippen molar-refractivity contribution in [3.8, 4) is 23.0 Å². The van der Waals surface area contributed by atoms with Gasteiger partial charge in [-0.05, 0) is 104 Å². The summed E-state index contributed by atoms with van der Waals surface area (Å²) in [5.41, 5.74) is 12.0. The molecule has 0 bridgehead atoms. The van der Waals surface area contributed by atoms with Crippen molar-refractivity contribution in [3.63, 3.8) is 0 Å². The number of carbonyl (C=O) groups is 7. The Kier molecular flexibility index (Phi) is 18.1. The van der Waals surface area contributed by atoms with Crippen LogP contribution in [0.1, 0.15) is 82.5 Å². The standard InChI is InChI=1S/C58H65N9O12S2/c1-58(2,81-80-17-9-14-50(59)68)16-15-51(69)61-28-52(70)62-29-53(71)63-30-54(72)64-37-19-33(31-78-48-25-41-39(23-46(48)76-3)56(74)66-38(27-60-41)21-35-10-5-7-12-43(35)66)18-34(20-37)32-79-49-26-42-40(24-47(49)77-4)57(75)67-44-13-8-6-11-36(44)22-45(67)55(73)65-42/h5-8,10-13,18-20,23-26,38,45,55,60,65,73H,9,14-17,21-22,27-32H2,1-4H3,(H2,59,68)(H,61,69)(H,62,70)(H,63,71)(H,64,72)/t38?,45?,55-/m1/s1. The fourth-order valence-corrected chi connectivity index (χ4v) is 12.8. The Morgan fingerprint density at radius 2 is 1.25 bits per heavy atom. The van der Waals surface area contributed by atoms with Crippen LogP contribution in [-0.4, -0.2) is 116 Å². The third-order valence-electron chi connectivity index (χ3n) is 14.1. The lowest BCUT2D eigenvalue weighted by molar-refractivity contribution is -0.128. The maximum absolute atomic E-state index is 14.2. The number of nitrogens with two attached hydrogens (primary N) is 1. The molecule has 0 aromatic heterocycles. The van der Waals surface area contributed by atoms with Gasteiger partial charge < -0.3 is 71.5 Å². The van der Waals surface area contributed by atoms with E-state index in [2.05, 4.69) is 31.9 Å². The zero-order chi connectivity index (χ0) is 57.4. The van der Waals surface area contributed by atoms with Crippen molar-refractivity contribution in [1.82, 2.24) is 16.0 Å². The number of benzene rings is 5. The highest BCUT2D eigenvalue weighted by Gasteiger charge is 2.42. The first kappa shape index (κ1) is 57.5. The van der Waals surface area contributed by atoms with Gasteiger partial charge in [0.2, 0.25) is 29.5 Å². The number of para-hydroxylation sites is 2. The van der Waals surface area contributed by atoms with Gasteiger partial charge in [-0.15, -0.1) is 0 Å². The van der Waals surface area contributed by atoms with Gasteiger partial charge in [0.25, 0.3) is 11.8 Å². The maximum atomic E-state index is 14.2. The smallest absolute Gasteiger partial charge is 0.260 e. The number of amides is 7. The van der Waals surface area contributed by atoms with Crippen molar-refractivity contribution in [3.05, 3.63) is 124 Å². The molecule has 0 radical (unpaired) electrons. The number of aliphatic hydroxyl groups is 1. The zero-order valence-electron chi connectivity index (χ0n) is 45.3. The predicted octanol–water partition coefficient (Wildman–Crippen LogP) is 5.67. The van der Waals surface area contributed by atoms with Crippen LogP contribution in [0.5, 0.6) is 23.0 Å². The summed E-state index contributed by atoms with van der Waals surface area (Å²) in [5.74, 6) is -0.999. The number of rotatable bonds is 24. The van der Waals surface area contributed by atoms with Gasteiger partial charge in [-0.25, -0.2) is 0 Å². The molecule has 9 rings (SSSR count). The van der Waals surface area contributed by atoms with Crippen molar-refractivity contribution in [2.45, 2.75) is 88.6 Å². The molecule has 7 amide bonds. The van der Waals surface area contributed by atoms with E-state index < -0.39 is 43.1 Å². The van der Waals surface area contributed by atoms with Crippen molar-refractivity contribution in [2.24, 2.45) is 5.73 Å². The maximum Gasteiger partial charge on any atom is 0.260 e. The highest BCUT2D eigenvalue weighted by atomic mass is 33.1. The fraction of sp³-hybridized carbons (Fsp3) is 0.362. The number of anilines is 5. The Balaban J connectivity index is 0.852. The molecule has 0 saturated carbocycles. The van der Waals surface area contributed by atoms with Crippen LogP contribution in [0.3, 0.4) is 0 Å². The van der Waals surface area contributed by atoms with Gasteiger partial charge in [0, 0.05) is 59.1 Å². The predicted molar refractivity (Wildman–Crippen MR) is 310 cm³/mol. The largest absolute Gasteiger partial charge is 0.493 e. The molecule has 0 saturated heterocycles. The third kappa shape index (κ3) is 13.9. The molecule has 9 N–H and O–H groups in total. The Labute approximate surface area is 476 Å². The molecule has 23 heteroatoms. The molecule has 0 fully saturated rings. The molecule has 3 atom stereocenters. The molecule has 21 nitrogen and oxygen atoms in total. The van der Waals surface area contributed by atoms with Crippen molar-refractivity contribution in [1.29, 1.82) is 0 Å². The van der Waals surface area contributed by atoms with Crippen molar-refractivity contribution < 1.29 is 57.6 Å². The highest BCUT2D eigenvalue weighted by molar-refractivity contribution is 8.77. The van der Waals surface area contributed by atoms with Gasteiger partial charge in [-0.1, -0.05) is 58.0 Å².